The molecule has 1 unspecified atom stereocenters. The van der Waals surface area contributed by atoms with Crippen molar-refractivity contribution in [2.75, 3.05) is 7.11 Å². The molecule has 0 amide bonds. The normalized spacial score (nSPS) is 17.5. The van der Waals surface area contributed by atoms with Gasteiger partial charge in [-0.25, -0.2) is 4.98 Å². The first-order valence-corrected chi connectivity index (χ1v) is 6.19. The van der Waals surface area contributed by atoms with Gasteiger partial charge >= 0.3 is 6.01 Å². The maximum absolute atomic E-state index is 6.02. The molecule has 0 saturated heterocycles. The van der Waals surface area contributed by atoms with E-state index in [-0.39, 0.29) is 0 Å². The SMILES string of the molecule is COc1ncc(Cl)c(CC(Br)C2CC2)n1. The molecule has 0 spiro atoms. The van der Waals surface area contributed by atoms with Gasteiger partial charge < -0.3 is 4.74 Å². The van der Waals surface area contributed by atoms with E-state index in [4.69, 9.17) is 16.3 Å². The van der Waals surface area contributed by atoms with Crippen LogP contribution in [0.4, 0.5) is 0 Å². The van der Waals surface area contributed by atoms with Crippen LogP contribution in [-0.2, 0) is 6.42 Å². The lowest BCUT2D eigenvalue weighted by Gasteiger charge is -2.09. The van der Waals surface area contributed by atoms with E-state index in [1.807, 2.05) is 0 Å². The molecule has 1 aromatic heterocycles. The van der Waals surface area contributed by atoms with Crippen LogP contribution in [0.5, 0.6) is 6.01 Å². The Hall–Kier alpha value is -0.350. The van der Waals surface area contributed by atoms with Crippen molar-refractivity contribution in [1.82, 2.24) is 9.97 Å². The second-order valence-corrected chi connectivity index (χ2v) is 5.29. The number of hydrogen-bond acceptors (Lipinski definition) is 3. The van der Waals surface area contributed by atoms with Crippen molar-refractivity contribution in [2.45, 2.75) is 24.1 Å². The number of rotatable bonds is 4. The Morgan fingerprint density at radius 1 is 1.67 bits per heavy atom. The van der Waals surface area contributed by atoms with Crippen molar-refractivity contribution < 1.29 is 4.74 Å². The highest BCUT2D eigenvalue weighted by Crippen LogP contribution is 2.38. The molecule has 0 radical (unpaired) electrons. The minimum Gasteiger partial charge on any atom is -0.467 e. The van der Waals surface area contributed by atoms with Gasteiger partial charge in [0.15, 0.2) is 0 Å². The van der Waals surface area contributed by atoms with Gasteiger partial charge in [-0.05, 0) is 18.8 Å². The summed E-state index contributed by atoms with van der Waals surface area (Å²) in [7, 11) is 1.56. The van der Waals surface area contributed by atoms with E-state index < -0.39 is 0 Å². The second-order valence-electron chi connectivity index (χ2n) is 3.71. The van der Waals surface area contributed by atoms with Gasteiger partial charge in [0.1, 0.15) is 0 Å². The summed E-state index contributed by atoms with van der Waals surface area (Å²) in [6.45, 7) is 0. The van der Waals surface area contributed by atoms with Crippen LogP contribution in [0.1, 0.15) is 18.5 Å². The van der Waals surface area contributed by atoms with Gasteiger partial charge in [-0.3, -0.25) is 0 Å². The number of ether oxygens (including phenoxy) is 1. The Labute approximate surface area is 102 Å². The fourth-order valence-corrected chi connectivity index (χ4v) is 2.44. The molecule has 82 valence electrons. The van der Waals surface area contributed by atoms with Gasteiger partial charge in [0, 0.05) is 11.2 Å². The molecule has 1 aromatic rings. The molecular formula is C10H12BrClN2O. The first-order valence-electron chi connectivity index (χ1n) is 4.90. The summed E-state index contributed by atoms with van der Waals surface area (Å²) in [6.07, 6.45) is 5.03. The summed E-state index contributed by atoms with van der Waals surface area (Å²) in [5, 5.41) is 0.612. The van der Waals surface area contributed by atoms with Crippen LogP contribution in [0.2, 0.25) is 5.02 Å². The molecule has 1 aliphatic carbocycles. The molecule has 15 heavy (non-hydrogen) atoms. The van der Waals surface area contributed by atoms with E-state index >= 15 is 0 Å². The van der Waals surface area contributed by atoms with Crippen LogP contribution >= 0.6 is 27.5 Å². The van der Waals surface area contributed by atoms with Crippen molar-refractivity contribution in [2.24, 2.45) is 5.92 Å². The Balaban J connectivity index is 2.11. The van der Waals surface area contributed by atoms with Crippen LogP contribution in [0, 0.1) is 5.92 Å². The van der Waals surface area contributed by atoms with E-state index in [2.05, 4.69) is 25.9 Å². The van der Waals surface area contributed by atoms with Gasteiger partial charge in [-0.15, -0.1) is 0 Å². The maximum atomic E-state index is 6.02. The van der Waals surface area contributed by atoms with Crippen LogP contribution in [-0.4, -0.2) is 21.9 Å². The minimum absolute atomic E-state index is 0.380. The molecule has 0 bridgehead atoms. The lowest BCUT2D eigenvalue weighted by Crippen LogP contribution is -2.08. The summed E-state index contributed by atoms with van der Waals surface area (Å²) >= 11 is 9.68. The minimum atomic E-state index is 0.380. The Morgan fingerprint density at radius 3 is 3.00 bits per heavy atom. The van der Waals surface area contributed by atoms with E-state index in [0.717, 1.165) is 18.0 Å². The molecule has 1 fully saturated rings. The number of alkyl halides is 1. The number of halogens is 2. The molecule has 1 aliphatic rings. The Kier molecular flexibility index (Phi) is 3.46. The van der Waals surface area contributed by atoms with E-state index in [9.17, 15) is 0 Å². The predicted octanol–water partition coefficient (Wildman–Crippen LogP) is 2.85. The van der Waals surface area contributed by atoms with E-state index in [1.165, 1.54) is 12.8 Å². The van der Waals surface area contributed by atoms with Crippen molar-refractivity contribution >= 4 is 27.5 Å². The van der Waals surface area contributed by atoms with Crippen LogP contribution in [0.15, 0.2) is 6.20 Å². The smallest absolute Gasteiger partial charge is 0.316 e. The molecule has 0 aliphatic heterocycles. The lowest BCUT2D eigenvalue weighted by molar-refractivity contribution is 0.378. The quantitative estimate of drug-likeness (QED) is 0.800. The summed E-state index contributed by atoms with van der Waals surface area (Å²) < 4.78 is 4.97. The summed E-state index contributed by atoms with van der Waals surface area (Å²) in [5.41, 5.74) is 0.859. The van der Waals surface area contributed by atoms with Crippen LogP contribution in [0.25, 0.3) is 0 Å². The number of nitrogens with zero attached hydrogens (tertiary/aromatic N) is 2. The molecular weight excluding hydrogens is 279 g/mol. The average molecular weight is 292 g/mol. The van der Waals surface area contributed by atoms with Gasteiger partial charge in [0.05, 0.1) is 24.0 Å². The number of aromatic nitrogens is 2. The summed E-state index contributed by atoms with van der Waals surface area (Å²) in [4.78, 5) is 8.66. The topological polar surface area (TPSA) is 35.0 Å². The van der Waals surface area contributed by atoms with Gasteiger partial charge in [0.2, 0.25) is 0 Å². The van der Waals surface area contributed by atoms with Gasteiger partial charge in [0.25, 0.3) is 0 Å². The molecule has 1 saturated carbocycles. The zero-order valence-electron chi connectivity index (χ0n) is 8.41. The highest BCUT2D eigenvalue weighted by Gasteiger charge is 2.30. The first-order chi connectivity index (χ1) is 7.20. The zero-order valence-corrected chi connectivity index (χ0v) is 10.8. The van der Waals surface area contributed by atoms with Crippen LogP contribution < -0.4 is 4.74 Å². The van der Waals surface area contributed by atoms with Crippen molar-refractivity contribution in [3.05, 3.63) is 16.9 Å². The lowest BCUT2D eigenvalue weighted by atomic mass is 10.2. The van der Waals surface area contributed by atoms with Crippen molar-refractivity contribution in [3.8, 4) is 6.01 Å². The van der Waals surface area contributed by atoms with Crippen LogP contribution in [0.3, 0.4) is 0 Å². The molecule has 0 N–H and O–H groups in total. The highest BCUT2D eigenvalue weighted by molar-refractivity contribution is 9.09. The molecule has 1 heterocycles. The molecule has 1 atom stereocenters. The third-order valence-electron chi connectivity index (χ3n) is 2.50. The Bertz CT molecular complexity index is 357. The van der Waals surface area contributed by atoms with Gasteiger partial charge in [-0.1, -0.05) is 27.5 Å². The average Bonchev–Trinajstić information content (AvgIpc) is 3.04. The largest absolute Gasteiger partial charge is 0.467 e. The standard InChI is InChI=1S/C10H12BrClN2O/c1-15-10-13-5-8(12)9(14-10)4-7(11)6-2-3-6/h5-7H,2-4H2,1H3. The summed E-state index contributed by atoms with van der Waals surface area (Å²) in [6, 6.07) is 0.380. The predicted molar refractivity (Wildman–Crippen MR) is 62.7 cm³/mol. The fraction of sp³-hybridized carbons (Fsp3) is 0.600. The zero-order chi connectivity index (χ0) is 10.8. The second kappa shape index (κ2) is 4.66. The summed E-state index contributed by atoms with van der Waals surface area (Å²) in [5.74, 6) is 0.780. The van der Waals surface area contributed by atoms with Gasteiger partial charge in [-0.2, -0.15) is 4.98 Å². The number of hydrogen-bond donors (Lipinski definition) is 0. The molecule has 2 rings (SSSR count). The molecule has 5 heteroatoms. The maximum Gasteiger partial charge on any atom is 0.316 e. The Morgan fingerprint density at radius 2 is 2.40 bits per heavy atom. The molecule has 0 aromatic carbocycles. The third kappa shape index (κ3) is 2.82. The van der Waals surface area contributed by atoms with Crippen molar-refractivity contribution in [3.63, 3.8) is 0 Å². The highest BCUT2D eigenvalue weighted by atomic mass is 79.9. The fourth-order valence-electron chi connectivity index (χ4n) is 1.43. The van der Waals surface area contributed by atoms with Crippen molar-refractivity contribution in [1.29, 1.82) is 0 Å². The third-order valence-corrected chi connectivity index (χ3v) is 3.89. The monoisotopic (exact) mass is 290 g/mol. The van der Waals surface area contributed by atoms with E-state index in [1.54, 1.807) is 13.3 Å². The number of methoxy groups -OCH3 is 1. The first kappa shape index (κ1) is 11.1. The van der Waals surface area contributed by atoms with E-state index in [0.29, 0.717) is 15.9 Å². The molecule has 3 nitrogen and oxygen atoms in total.